The van der Waals surface area contributed by atoms with Crippen molar-refractivity contribution in [3.8, 4) is 0 Å². The van der Waals surface area contributed by atoms with Crippen LogP contribution in [0.4, 0.5) is 11.5 Å². The summed E-state index contributed by atoms with van der Waals surface area (Å²) in [4.78, 5) is 4.40. The molecule has 2 rings (SSSR count). The van der Waals surface area contributed by atoms with Crippen LogP contribution in [0, 0.1) is 12.3 Å². The fourth-order valence-electron chi connectivity index (χ4n) is 2.64. The minimum Gasteiger partial charge on any atom is -0.396 e. The molecule has 94 valence electrons. The number of hydrogen-bond acceptors (Lipinski definition) is 3. The Morgan fingerprint density at radius 2 is 2.18 bits per heavy atom. The minimum atomic E-state index is 0.331. The van der Waals surface area contributed by atoms with Gasteiger partial charge in [0, 0.05) is 12.2 Å². The van der Waals surface area contributed by atoms with Crippen molar-refractivity contribution < 1.29 is 0 Å². The molecule has 1 aromatic heterocycles. The van der Waals surface area contributed by atoms with Crippen LogP contribution in [0.2, 0.25) is 0 Å². The molecule has 3 nitrogen and oxygen atoms in total. The van der Waals surface area contributed by atoms with Gasteiger partial charge in [0.05, 0.1) is 5.69 Å². The summed E-state index contributed by atoms with van der Waals surface area (Å²) in [5, 5.41) is 3.53. The van der Waals surface area contributed by atoms with E-state index in [4.69, 9.17) is 5.73 Å². The van der Waals surface area contributed by atoms with E-state index in [0.29, 0.717) is 11.5 Å². The molecular formula is C14H23N3. The van der Waals surface area contributed by atoms with Crippen molar-refractivity contribution in [3.63, 3.8) is 0 Å². The van der Waals surface area contributed by atoms with Gasteiger partial charge in [-0.3, -0.25) is 0 Å². The topological polar surface area (TPSA) is 50.9 Å². The first-order valence-corrected chi connectivity index (χ1v) is 6.48. The standard InChI is InChI=1S/C14H23N3/c1-10-8-11(15)13(16-9-10)17-12-6-4-5-7-14(12,2)3/h8-9,12H,4-7,15H2,1-3H3,(H,16,17). The molecule has 0 saturated heterocycles. The Morgan fingerprint density at radius 3 is 2.82 bits per heavy atom. The molecule has 1 aliphatic carbocycles. The summed E-state index contributed by atoms with van der Waals surface area (Å²) in [6.07, 6.45) is 6.99. The summed E-state index contributed by atoms with van der Waals surface area (Å²) >= 11 is 0. The third-order valence-corrected chi connectivity index (χ3v) is 3.87. The third-order valence-electron chi connectivity index (χ3n) is 3.87. The molecule has 0 amide bonds. The van der Waals surface area contributed by atoms with Gasteiger partial charge in [0.25, 0.3) is 0 Å². The summed E-state index contributed by atoms with van der Waals surface area (Å²) in [7, 11) is 0. The fraction of sp³-hybridized carbons (Fsp3) is 0.643. The zero-order valence-electron chi connectivity index (χ0n) is 11.1. The molecule has 1 aliphatic rings. The van der Waals surface area contributed by atoms with Gasteiger partial charge in [0.15, 0.2) is 0 Å². The maximum Gasteiger partial charge on any atom is 0.149 e. The second kappa shape index (κ2) is 4.55. The summed E-state index contributed by atoms with van der Waals surface area (Å²) in [5.41, 5.74) is 8.20. The van der Waals surface area contributed by atoms with Crippen molar-refractivity contribution in [1.82, 2.24) is 4.98 Å². The van der Waals surface area contributed by atoms with Crippen molar-refractivity contribution in [3.05, 3.63) is 17.8 Å². The molecule has 3 heteroatoms. The number of hydrogen-bond donors (Lipinski definition) is 2. The highest BCUT2D eigenvalue weighted by molar-refractivity contribution is 5.62. The van der Waals surface area contributed by atoms with E-state index in [1.807, 2.05) is 19.2 Å². The van der Waals surface area contributed by atoms with Crippen LogP contribution < -0.4 is 11.1 Å². The van der Waals surface area contributed by atoms with E-state index >= 15 is 0 Å². The average molecular weight is 233 g/mol. The highest BCUT2D eigenvalue weighted by Gasteiger charge is 2.32. The zero-order valence-corrected chi connectivity index (χ0v) is 11.1. The molecule has 1 aromatic rings. The predicted molar refractivity (Wildman–Crippen MR) is 73.0 cm³/mol. The zero-order chi connectivity index (χ0) is 12.5. The first-order chi connectivity index (χ1) is 7.99. The second-order valence-corrected chi connectivity index (χ2v) is 5.88. The van der Waals surface area contributed by atoms with Gasteiger partial charge in [-0.25, -0.2) is 4.98 Å². The molecule has 0 aliphatic heterocycles. The molecule has 1 atom stereocenters. The van der Waals surface area contributed by atoms with Crippen molar-refractivity contribution in [2.75, 3.05) is 11.1 Å². The molecule has 0 radical (unpaired) electrons. The van der Waals surface area contributed by atoms with Gasteiger partial charge in [-0.05, 0) is 36.8 Å². The first-order valence-electron chi connectivity index (χ1n) is 6.48. The van der Waals surface area contributed by atoms with Gasteiger partial charge in [-0.2, -0.15) is 0 Å². The Morgan fingerprint density at radius 1 is 1.41 bits per heavy atom. The van der Waals surface area contributed by atoms with Crippen LogP contribution in [0.15, 0.2) is 12.3 Å². The van der Waals surface area contributed by atoms with Crippen LogP contribution in [-0.2, 0) is 0 Å². The van der Waals surface area contributed by atoms with Gasteiger partial charge < -0.3 is 11.1 Å². The summed E-state index contributed by atoms with van der Waals surface area (Å²) in [6, 6.07) is 2.46. The van der Waals surface area contributed by atoms with E-state index in [1.54, 1.807) is 0 Å². The van der Waals surface area contributed by atoms with Crippen LogP contribution in [0.5, 0.6) is 0 Å². The van der Waals surface area contributed by atoms with Crippen molar-refractivity contribution in [2.45, 2.75) is 52.5 Å². The van der Waals surface area contributed by atoms with Gasteiger partial charge in [-0.15, -0.1) is 0 Å². The molecule has 1 unspecified atom stereocenters. The van der Waals surface area contributed by atoms with Crippen molar-refractivity contribution >= 4 is 11.5 Å². The largest absolute Gasteiger partial charge is 0.396 e. The lowest BCUT2D eigenvalue weighted by molar-refractivity contribution is 0.217. The number of pyridine rings is 1. The molecule has 0 spiro atoms. The maximum absolute atomic E-state index is 6.00. The quantitative estimate of drug-likeness (QED) is 0.823. The number of aryl methyl sites for hydroxylation is 1. The Kier molecular flexibility index (Phi) is 3.27. The lowest BCUT2D eigenvalue weighted by Gasteiger charge is -2.39. The maximum atomic E-state index is 6.00. The SMILES string of the molecule is Cc1cnc(NC2CCCCC2(C)C)c(N)c1. The van der Waals surface area contributed by atoms with Gasteiger partial charge >= 0.3 is 0 Å². The van der Waals surface area contributed by atoms with Crippen LogP contribution in [0.3, 0.4) is 0 Å². The predicted octanol–water partition coefficient (Wildman–Crippen LogP) is 3.35. The van der Waals surface area contributed by atoms with E-state index < -0.39 is 0 Å². The average Bonchev–Trinajstić information content (AvgIpc) is 2.24. The minimum absolute atomic E-state index is 0.331. The lowest BCUT2D eigenvalue weighted by atomic mass is 9.73. The molecular weight excluding hydrogens is 210 g/mol. The van der Waals surface area contributed by atoms with E-state index in [2.05, 4.69) is 24.1 Å². The number of rotatable bonds is 2. The Labute approximate surface area is 104 Å². The molecule has 1 saturated carbocycles. The second-order valence-electron chi connectivity index (χ2n) is 5.88. The highest BCUT2D eigenvalue weighted by atomic mass is 15.0. The number of nitrogens with zero attached hydrogens (tertiary/aromatic N) is 1. The van der Waals surface area contributed by atoms with E-state index in [9.17, 15) is 0 Å². The Balaban J connectivity index is 2.14. The molecule has 1 heterocycles. The van der Waals surface area contributed by atoms with Gasteiger partial charge in [0.1, 0.15) is 5.82 Å². The molecule has 17 heavy (non-hydrogen) atoms. The number of nitrogens with two attached hydrogens (primary N) is 1. The third kappa shape index (κ3) is 2.71. The Hall–Kier alpha value is -1.25. The number of aromatic nitrogens is 1. The first kappa shape index (κ1) is 12.2. The van der Waals surface area contributed by atoms with E-state index in [0.717, 1.165) is 17.1 Å². The molecule has 0 aromatic carbocycles. The van der Waals surface area contributed by atoms with E-state index in [1.165, 1.54) is 25.7 Å². The van der Waals surface area contributed by atoms with Crippen LogP contribution in [-0.4, -0.2) is 11.0 Å². The van der Waals surface area contributed by atoms with Crippen molar-refractivity contribution in [2.24, 2.45) is 5.41 Å². The van der Waals surface area contributed by atoms with E-state index in [-0.39, 0.29) is 0 Å². The van der Waals surface area contributed by atoms with Gasteiger partial charge in [0.2, 0.25) is 0 Å². The molecule has 1 fully saturated rings. The smallest absolute Gasteiger partial charge is 0.149 e. The summed E-state index contributed by atoms with van der Waals surface area (Å²) in [5.74, 6) is 0.843. The van der Waals surface area contributed by atoms with Crippen LogP contribution in [0.25, 0.3) is 0 Å². The Bertz CT molecular complexity index is 398. The summed E-state index contributed by atoms with van der Waals surface area (Å²) in [6.45, 7) is 6.67. The summed E-state index contributed by atoms with van der Waals surface area (Å²) < 4.78 is 0. The molecule has 0 bridgehead atoms. The van der Waals surface area contributed by atoms with Crippen LogP contribution >= 0.6 is 0 Å². The molecule has 3 N–H and O–H groups in total. The lowest BCUT2D eigenvalue weighted by Crippen LogP contribution is -2.39. The fourth-order valence-corrected chi connectivity index (χ4v) is 2.64. The monoisotopic (exact) mass is 233 g/mol. The van der Waals surface area contributed by atoms with Crippen molar-refractivity contribution in [1.29, 1.82) is 0 Å². The number of anilines is 2. The van der Waals surface area contributed by atoms with Gasteiger partial charge in [-0.1, -0.05) is 26.7 Å². The normalized spacial score (nSPS) is 23.4. The highest BCUT2D eigenvalue weighted by Crippen LogP contribution is 2.37. The number of nitrogens with one attached hydrogen (secondary N) is 1. The number of nitrogen functional groups attached to an aromatic ring is 1. The van der Waals surface area contributed by atoms with Crippen LogP contribution in [0.1, 0.15) is 45.1 Å².